The lowest BCUT2D eigenvalue weighted by Gasteiger charge is -2.49. The number of amides is 2. The molecule has 10 atom stereocenters. The fourth-order valence-electron chi connectivity index (χ4n) is 7.77. The molecule has 3 N–H and O–H groups in total. The molecule has 3 heterocycles. The van der Waals surface area contributed by atoms with E-state index >= 15 is 0 Å². The Hall–Kier alpha value is -7.12. The molecule has 8 rings (SSSR count). The first-order valence-electron chi connectivity index (χ1n) is 20.4. The Labute approximate surface area is 370 Å². The summed E-state index contributed by atoms with van der Waals surface area (Å²) in [5.41, 5.74) is 0.152. The number of aliphatic hydroxyl groups is 3. The molecular formula is C48H41NO16. The van der Waals surface area contributed by atoms with Crippen LogP contribution in [-0.2, 0) is 33.2 Å². The molecule has 3 aliphatic rings. The minimum Gasteiger partial charge on any atom is -0.459 e. The minimum absolute atomic E-state index is 0.00176. The number of rotatable bonds is 13. The van der Waals surface area contributed by atoms with Crippen molar-refractivity contribution in [3.05, 3.63) is 179 Å². The van der Waals surface area contributed by atoms with Gasteiger partial charge in [-0.2, -0.15) is 0 Å². The van der Waals surface area contributed by atoms with Crippen LogP contribution in [0.2, 0.25) is 0 Å². The lowest BCUT2D eigenvalue weighted by Crippen LogP contribution is -2.69. The third kappa shape index (κ3) is 9.42. The van der Waals surface area contributed by atoms with Gasteiger partial charge in [-0.05, 0) is 60.7 Å². The van der Waals surface area contributed by atoms with Crippen molar-refractivity contribution in [1.82, 2.24) is 4.90 Å². The van der Waals surface area contributed by atoms with Crippen LogP contribution in [0, 0.1) is 0 Å². The van der Waals surface area contributed by atoms with Gasteiger partial charge in [0.15, 0.2) is 30.9 Å². The molecule has 2 amide bonds. The number of ether oxygens (including phenoxy) is 7. The van der Waals surface area contributed by atoms with E-state index in [1.54, 1.807) is 72.8 Å². The number of hydrogen-bond acceptors (Lipinski definition) is 16. The number of carbonyl (C=O) groups excluding carboxylic acids is 6. The number of nitrogens with zero attached hydrogens (tertiary/aromatic N) is 1. The normalized spacial score (nSPS) is 26.1. The monoisotopic (exact) mass is 887 g/mol. The number of fused-ring (bicyclic) bond motifs is 1. The quantitative estimate of drug-likeness (QED) is 0.0874. The SMILES string of the molecule is O=C(OC[C@H]1OC(O[C@H]2[C@H](O)[C@@H](CO)OC(O)[C@@H]2N2C(=O)c3ccccc3C2=O)[C@H](OC(=O)c2ccccc2)[C@@H](OC(=O)c2ccccc2)[C@H]1OC(=O)c1ccccc1)c1ccccc1. The summed E-state index contributed by atoms with van der Waals surface area (Å²) in [5.74, 6) is -5.57. The highest BCUT2D eigenvalue weighted by Gasteiger charge is 2.59. The van der Waals surface area contributed by atoms with E-state index in [2.05, 4.69) is 0 Å². The van der Waals surface area contributed by atoms with Crippen molar-refractivity contribution < 1.29 is 77.2 Å². The van der Waals surface area contributed by atoms with Crippen LogP contribution in [0.3, 0.4) is 0 Å². The molecule has 2 saturated heterocycles. The van der Waals surface area contributed by atoms with Crippen LogP contribution in [0.1, 0.15) is 62.1 Å². The van der Waals surface area contributed by atoms with Crippen molar-refractivity contribution in [2.75, 3.05) is 13.2 Å². The second-order valence-electron chi connectivity index (χ2n) is 15.1. The number of imide groups is 1. The van der Waals surface area contributed by atoms with Gasteiger partial charge in [0.05, 0.1) is 40.0 Å². The van der Waals surface area contributed by atoms with Crippen LogP contribution < -0.4 is 0 Å². The molecule has 3 aliphatic heterocycles. The predicted molar refractivity (Wildman–Crippen MR) is 222 cm³/mol. The van der Waals surface area contributed by atoms with Gasteiger partial charge in [0.2, 0.25) is 0 Å². The molecule has 0 aliphatic carbocycles. The van der Waals surface area contributed by atoms with Gasteiger partial charge < -0.3 is 48.5 Å². The zero-order valence-electron chi connectivity index (χ0n) is 34.1. The summed E-state index contributed by atoms with van der Waals surface area (Å²) >= 11 is 0. The molecule has 0 saturated carbocycles. The Morgan fingerprint density at radius 3 is 1.38 bits per heavy atom. The fraction of sp³-hybridized carbons (Fsp3) is 0.250. The van der Waals surface area contributed by atoms with Crippen LogP contribution in [0.5, 0.6) is 0 Å². The average molecular weight is 888 g/mol. The number of aliphatic hydroxyl groups excluding tert-OH is 3. The smallest absolute Gasteiger partial charge is 0.338 e. The standard InChI is InChI=1S/C48H41NO16/c50-25-33-36(51)38(35(47(58)60-33)49-41(52)31-23-13-14-24-32(31)42(49)53)65-48-40(64-46(57)30-21-11-4-12-22-30)39(63-45(56)29-19-9-3-10-20-29)37(62-44(55)28-17-7-2-8-18-28)34(61-48)26-59-43(54)27-15-5-1-6-16-27/h1-24,33-40,47-48,50-51,58H,25-26H2/t33-,34-,35-,36-,37+,38-,39+,40-,47?,48?/m1/s1. The van der Waals surface area contributed by atoms with Crippen molar-refractivity contribution in [2.45, 2.75) is 61.3 Å². The van der Waals surface area contributed by atoms with Crippen LogP contribution in [0.15, 0.2) is 146 Å². The second kappa shape index (κ2) is 19.7. The van der Waals surface area contributed by atoms with E-state index in [0.717, 1.165) is 0 Å². The molecule has 2 fully saturated rings. The Morgan fingerprint density at radius 2 is 0.923 bits per heavy atom. The van der Waals surface area contributed by atoms with Gasteiger partial charge in [0.25, 0.3) is 11.8 Å². The van der Waals surface area contributed by atoms with Gasteiger partial charge >= 0.3 is 23.9 Å². The number of carbonyl (C=O) groups is 6. The number of benzene rings is 5. The summed E-state index contributed by atoms with van der Waals surface area (Å²) in [7, 11) is 0. The van der Waals surface area contributed by atoms with Gasteiger partial charge in [0.1, 0.15) is 37.1 Å². The highest BCUT2D eigenvalue weighted by Crippen LogP contribution is 2.37. The van der Waals surface area contributed by atoms with Crippen molar-refractivity contribution in [1.29, 1.82) is 0 Å². The molecule has 0 radical (unpaired) electrons. The fourth-order valence-corrected chi connectivity index (χ4v) is 7.77. The molecule has 17 nitrogen and oxygen atoms in total. The molecule has 5 aromatic carbocycles. The summed E-state index contributed by atoms with van der Waals surface area (Å²) in [5, 5.41) is 33.6. The summed E-state index contributed by atoms with van der Waals surface area (Å²) in [6.07, 6.45) is -16.8. The van der Waals surface area contributed by atoms with E-state index in [-0.39, 0.29) is 33.4 Å². The highest BCUT2D eigenvalue weighted by molar-refractivity contribution is 6.21. The van der Waals surface area contributed by atoms with Crippen molar-refractivity contribution in [3.8, 4) is 0 Å². The molecule has 65 heavy (non-hydrogen) atoms. The summed E-state index contributed by atoms with van der Waals surface area (Å²) in [6, 6.07) is 34.8. The third-order valence-corrected chi connectivity index (χ3v) is 11.0. The van der Waals surface area contributed by atoms with Crippen LogP contribution in [-0.4, -0.2) is 130 Å². The Balaban J connectivity index is 1.24. The maximum absolute atomic E-state index is 14.1. The first-order valence-corrected chi connectivity index (χ1v) is 20.4. The molecule has 2 unspecified atom stereocenters. The van der Waals surface area contributed by atoms with Crippen molar-refractivity contribution in [2.24, 2.45) is 0 Å². The maximum atomic E-state index is 14.1. The lowest BCUT2D eigenvalue weighted by molar-refractivity contribution is -0.343. The first kappa shape index (κ1) is 44.5. The zero-order valence-corrected chi connectivity index (χ0v) is 34.1. The average Bonchev–Trinajstić information content (AvgIpc) is 3.59. The Bertz CT molecular complexity index is 2470. The summed E-state index contributed by atoms with van der Waals surface area (Å²) in [6.45, 7) is -1.61. The molecule has 0 bridgehead atoms. The largest absolute Gasteiger partial charge is 0.459 e. The molecule has 0 aromatic heterocycles. The van der Waals surface area contributed by atoms with E-state index in [0.29, 0.717) is 4.90 Å². The molecule has 334 valence electrons. The van der Waals surface area contributed by atoms with Gasteiger partial charge in [0, 0.05) is 0 Å². The van der Waals surface area contributed by atoms with E-state index in [9.17, 15) is 44.1 Å². The number of esters is 4. The highest BCUT2D eigenvalue weighted by atomic mass is 16.7. The zero-order chi connectivity index (χ0) is 45.6. The van der Waals surface area contributed by atoms with Crippen LogP contribution >= 0.6 is 0 Å². The maximum Gasteiger partial charge on any atom is 0.338 e. The summed E-state index contributed by atoms with van der Waals surface area (Å²) in [4.78, 5) is 83.9. The van der Waals surface area contributed by atoms with Gasteiger partial charge in [-0.15, -0.1) is 0 Å². The topological polar surface area (TPSA) is 231 Å². The molecule has 0 spiro atoms. The van der Waals surface area contributed by atoms with Gasteiger partial charge in [-0.25, -0.2) is 19.2 Å². The van der Waals surface area contributed by atoms with E-state index < -0.39 is 110 Å². The van der Waals surface area contributed by atoms with Crippen LogP contribution in [0.4, 0.5) is 0 Å². The van der Waals surface area contributed by atoms with E-state index in [1.165, 1.54) is 72.8 Å². The van der Waals surface area contributed by atoms with Crippen molar-refractivity contribution >= 4 is 35.7 Å². The lowest BCUT2D eigenvalue weighted by atomic mass is 9.94. The Kier molecular flexibility index (Phi) is 13.5. The van der Waals surface area contributed by atoms with E-state index in [4.69, 9.17) is 33.2 Å². The van der Waals surface area contributed by atoms with Gasteiger partial charge in [-0.3, -0.25) is 14.5 Å². The van der Waals surface area contributed by atoms with Crippen LogP contribution in [0.25, 0.3) is 0 Å². The molecule has 5 aromatic rings. The van der Waals surface area contributed by atoms with E-state index in [1.807, 2.05) is 0 Å². The first-order chi connectivity index (χ1) is 31.5. The van der Waals surface area contributed by atoms with Gasteiger partial charge in [-0.1, -0.05) is 84.9 Å². The second-order valence-corrected chi connectivity index (χ2v) is 15.1. The minimum atomic E-state index is -2.09. The third-order valence-electron chi connectivity index (χ3n) is 11.0. The summed E-state index contributed by atoms with van der Waals surface area (Å²) < 4.78 is 42.4. The van der Waals surface area contributed by atoms with Crippen molar-refractivity contribution in [3.63, 3.8) is 0 Å². The number of hydrogen-bond donors (Lipinski definition) is 3. The Morgan fingerprint density at radius 1 is 0.508 bits per heavy atom. The predicted octanol–water partition coefficient (Wildman–Crippen LogP) is 3.37. The molecular weight excluding hydrogens is 847 g/mol. The molecule has 17 heteroatoms.